The number of rotatable bonds is 8. The van der Waals surface area contributed by atoms with E-state index < -0.39 is 10.0 Å². The number of nitrogens with one attached hydrogen (secondary N) is 1. The third kappa shape index (κ3) is 5.70. The fraction of sp³-hybridized carbons (Fsp3) is 0.471. The van der Waals surface area contributed by atoms with E-state index in [1.54, 1.807) is 30.6 Å². The number of fused-ring (bicyclic) bond motifs is 1. The summed E-state index contributed by atoms with van der Waals surface area (Å²) in [5, 5.41) is 1.80. The van der Waals surface area contributed by atoms with Crippen molar-refractivity contribution in [1.82, 2.24) is 14.6 Å². The topological polar surface area (TPSA) is 62.3 Å². The molecule has 24 heavy (non-hydrogen) atoms. The largest absolute Gasteiger partial charge is 0.305 e. The van der Waals surface area contributed by atoms with Crippen LogP contribution in [0.1, 0.15) is 26.7 Å². The highest BCUT2D eigenvalue weighted by molar-refractivity contribution is 7.89. The molecule has 1 aromatic heterocycles. The van der Waals surface area contributed by atoms with Gasteiger partial charge >= 0.3 is 0 Å². The standard InChI is InChI=1S/C17H25N3O2S.ClH/c1-4-5-10-20(3)13-14(2)19-23(21,22)17-7-6-16-12-18-9-8-15(16)11-17;/h6-9,11-12,14,19H,4-5,10,13H2,1-3H3;1H/t14-;/m1./s1. The minimum absolute atomic E-state index is 0. The number of pyridine rings is 1. The highest BCUT2D eigenvalue weighted by atomic mass is 35.5. The maximum atomic E-state index is 12.5. The monoisotopic (exact) mass is 371 g/mol. The zero-order chi connectivity index (χ0) is 16.9. The summed E-state index contributed by atoms with van der Waals surface area (Å²) in [6.07, 6.45) is 5.65. The molecule has 0 bridgehead atoms. The molecule has 134 valence electrons. The van der Waals surface area contributed by atoms with Crippen LogP contribution in [-0.2, 0) is 10.0 Å². The van der Waals surface area contributed by atoms with Gasteiger partial charge in [-0.25, -0.2) is 13.1 Å². The van der Waals surface area contributed by atoms with E-state index in [1.807, 2.05) is 20.0 Å². The van der Waals surface area contributed by atoms with Crippen LogP contribution in [0, 0.1) is 0 Å². The van der Waals surface area contributed by atoms with Crippen LogP contribution in [0.25, 0.3) is 10.8 Å². The molecule has 0 aliphatic carbocycles. The highest BCUT2D eigenvalue weighted by Gasteiger charge is 2.18. The van der Waals surface area contributed by atoms with Gasteiger partial charge in [0.1, 0.15) is 0 Å². The number of likely N-dealkylation sites (N-methyl/N-ethyl adjacent to an activating group) is 1. The van der Waals surface area contributed by atoms with Gasteiger partial charge in [0.2, 0.25) is 10.0 Å². The maximum Gasteiger partial charge on any atom is 0.240 e. The number of aromatic nitrogens is 1. The van der Waals surface area contributed by atoms with Crippen LogP contribution in [0.2, 0.25) is 0 Å². The molecule has 0 radical (unpaired) electrons. The number of hydrogen-bond acceptors (Lipinski definition) is 4. The minimum atomic E-state index is -3.51. The van der Waals surface area contributed by atoms with Crippen molar-refractivity contribution in [2.45, 2.75) is 37.6 Å². The Balaban J connectivity index is 0.00000288. The molecule has 0 saturated heterocycles. The van der Waals surface area contributed by atoms with Crippen molar-refractivity contribution >= 4 is 33.2 Å². The van der Waals surface area contributed by atoms with Crippen molar-refractivity contribution in [3.8, 4) is 0 Å². The Labute approximate surface area is 150 Å². The Morgan fingerprint density at radius 3 is 2.71 bits per heavy atom. The van der Waals surface area contributed by atoms with Crippen LogP contribution < -0.4 is 4.72 Å². The normalized spacial score (nSPS) is 13.0. The molecule has 1 N–H and O–H groups in total. The van der Waals surface area contributed by atoms with Gasteiger partial charge in [-0.1, -0.05) is 19.4 Å². The van der Waals surface area contributed by atoms with Crippen LogP contribution in [0.4, 0.5) is 0 Å². The lowest BCUT2D eigenvalue weighted by Crippen LogP contribution is -2.40. The summed E-state index contributed by atoms with van der Waals surface area (Å²) in [6.45, 7) is 5.71. The molecule has 0 aliphatic rings. The Kier molecular flexibility index (Phi) is 8.09. The Bertz CT molecular complexity index is 752. The molecule has 0 fully saturated rings. The van der Waals surface area contributed by atoms with Gasteiger partial charge in [0.05, 0.1) is 4.90 Å². The lowest BCUT2D eigenvalue weighted by molar-refractivity contribution is 0.304. The molecule has 1 atom stereocenters. The third-order valence-corrected chi connectivity index (χ3v) is 5.34. The molecule has 0 amide bonds. The van der Waals surface area contributed by atoms with E-state index in [4.69, 9.17) is 0 Å². The van der Waals surface area contributed by atoms with Crippen LogP contribution in [-0.4, -0.2) is 44.5 Å². The summed E-state index contributed by atoms with van der Waals surface area (Å²) in [7, 11) is -1.50. The zero-order valence-electron chi connectivity index (χ0n) is 14.4. The highest BCUT2D eigenvalue weighted by Crippen LogP contribution is 2.18. The van der Waals surface area contributed by atoms with Crippen molar-refractivity contribution in [2.24, 2.45) is 0 Å². The second-order valence-electron chi connectivity index (χ2n) is 6.02. The van der Waals surface area contributed by atoms with Gasteiger partial charge < -0.3 is 4.90 Å². The molecule has 1 aromatic carbocycles. The first-order chi connectivity index (χ1) is 10.9. The second kappa shape index (κ2) is 9.32. The minimum Gasteiger partial charge on any atom is -0.305 e. The fourth-order valence-electron chi connectivity index (χ4n) is 2.59. The van der Waals surface area contributed by atoms with E-state index in [2.05, 4.69) is 21.5 Å². The summed E-state index contributed by atoms with van der Waals surface area (Å²) in [5.74, 6) is 0. The number of hydrogen-bond donors (Lipinski definition) is 1. The van der Waals surface area contributed by atoms with E-state index in [9.17, 15) is 8.42 Å². The van der Waals surface area contributed by atoms with Crippen LogP contribution in [0.15, 0.2) is 41.6 Å². The van der Waals surface area contributed by atoms with Crippen LogP contribution in [0.5, 0.6) is 0 Å². The molecule has 0 spiro atoms. The van der Waals surface area contributed by atoms with Gasteiger partial charge in [0.25, 0.3) is 0 Å². The predicted molar refractivity (Wildman–Crippen MR) is 101 cm³/mol. The van der Waals surface area contributed by atoms with Crippen LogP contribution in [0.3, 0.4) is 0 Å². The Morgan fingerprint density at radius 1 is 1.25 bits per heavy atom. The quantitative estimate of drug-likeness (QED) is 0.774. The summed E-state index contributed by atoms with van der Waals surface area (Å²) >= 11 is 0. The van der Waals surface area contributed by atoms with Gasteiger partial charge in [0.15, 0.2) is 0 Å². The molecular formula is C17H26ClN3O2S. The number of halogens is 1. The molecule has 2 rings (SSSR count). The number of unbranched alkanes of at least 4 members (excludes halogenated alkanes) is 1. The SMILES string of the molecule is CCCCN(C)C[C@@H](C)NS(=O)(=O)c1ccc2cnccc2c1.Cl. The smallest absolute Gasteiger partial charge is 0.240 e. The zero-order valence-corrected chi connectivity index (χ0v) is 16.0. The summed E-state index contributed by atoms with van der Waals surface area (Å²) < 4.78 is 27.8. The molecule has 5 nitrogen and oxygen atoms in total. The summed E-state index contributed by atoms with van der Waals surface area (Å²) in [6, 6.07) is 6.77. The lowest BCUT2D eigenvalue weighted by atomic mass is 10.2. The molecular weight excluding hydrogens is 346 g/mol. The van der Waals surface area contributed by atoms with E-state index >= 15 is 0 Å². The van der Waals surface area contributed by atoms with Gasteiger partial charge in [-0.05, 0) is 50.5 Å². The first-order valence-corrected chi connectivity index (χ1v) is 9.45. The Hall–Kier alpha value is -1.21. The maximum absolute atomic E-state index is 12.5. The van der Waals surface area contributed by atoms with Crippen molar-refractivity contribution < 1.29 is 8.42 Å². The first-order valence-electron chi connectivity index (χ1n) is 7.97. The van der Waals surface area contributed by atoms with E-state index in [-0.39, 0.29) is 18.4 Å². The molecule has 0 aliphatic heterocycles. The lowest BCUT2D eigenvalue weighted by Gasteiger charge is -2.22. The number of benzene rings is 1. The first kappa shape index (κ1) is 20.8. The third-order valence-electron chi connectivity index (χ3n) is 3.76. The van der Waals surface area contributed by atoms with Crippen molar-refractivity contribution in [1.29, 1.82) is 0 Å². The van der Waals surface area contributed by atoms with E-state index in [0.717, 1.165) is 30.2 Å². The Morgan fingerprint density at radius 2 is 2.00 bits per heavy atom. The molecule has 0 saturated carbocycles. The number of sulfonamides is 1. The number of nitrogens with zero attached hydrogens (tertiary/aromatic N) is 2. The average Bonchev–Trinajstić information content (AvgIpc) is 2.51. The summed E-state index contributed by atoms with van der Waals surface area (Å²) in [5.41, 5.74) is 0. The molecule has 7 heteroatoms. The molecule has 2 aromatic rings. The van der Waals surface area contributed by atoms with Crippen molar-refractivity contribution in [2.75, 3.05) is 20.1 Å². The average molecular weight is 372 g/mol. The van der Waals surface area contributed by atoms with Crippen molar-refractivity contribution in [3.63, 3.8) is 0 Å². The second-order valence-corrected chi connectivity index (χ2v) is 7.74. The van der Waals surface area contributed by atoms with Crippen molar-refractivity contribution in [3.05, 3.63) is 36.7 Å². The van der Waals surface area contributed by atoms with Gasteiger partial charge in [0, 0.05) is 30.4 Å². The van der Waals surface area contributed by atoms with Gasteiger partial charge in [-0.3, -0.25) is 4.98 Å². The fourth-order valence-corrected chi connectivity index (χ4v) is 3.86. The summed E-state index contributed by atoms with van der Waals surface area (Å²) in [4.78, 5) is 6.49. The predicted octanol–water partition coefficient (Wildman–Crippen LogP) is 3.06. The van der Waals surface area contributed by atoms with Gasteiger partial charge in [-0.2, -0.15) is 0 Å². The molecule has 1 heterocycles. The van der Waals surface area contributed by atoms with Gasteiger partial charge in [-0.15, -0.1) is 12.4 Å². The molecule has 0 unspecified atom stereocenters. The van der Waals surface area contributed by atoms with E-state index in [1.165, 1.54) is 0 Å². The van der Waals surface area contributed by atoms with Crippen LogP contribution >= 0.6 is 12.4 Å². The van der Waals surface area contributed by atoms with E-state index in [0.29, 0.717) is 11.4 Å².